The van der Waals surface area contributed by atoms with Crippen LogP contribution in [0.25, 0.3) is 0 Å². The van der Waals surface area contributed by atoms with E-state index in [4.69, 9.17) is 9.47 Å². The zero-order valence-corrected chi connectivity index (χ0v) is 16.2. The molecule has 0 aromatic heterocycles. The Bertz CT molecular complexity index is 938. The maximum Gasteiger partial charge on any atom is 0.337 e. The number of amides is 2. The molecular weight excluding hydrogens is 360 g/mol. The van der Waals surface area contributed by atoms with E-state index in [0.717, 1.165) is 0 Å². The summed E-state index contributed by atoms with van der Waals surface area (Å²) in [6.45, 7) is 4.97. The first-order valence-electron chi connectivity index (χ1n) is 8.85. The van der Waals surface area contributed by atoms with Crippen molar-refractivity contribution in [3.8, 4) is 5.75 Å². The third-order valence-corrected chi connectivity index (χ3v) is 4.64. The topological polar surface area (TPSA) is 84.9 Å². The van der Waals surface area contributed by atoms with Crippen LogP contribution in [0.15, 0.2) is 48.5 Å². The van der Waals surface area contributed by atoms with Gasteiger partial charge in [0.1, 0.15) is 11.3 Å². The lowest BCUT2D eigenvalue weighted by molar-refractivity contribution is -0.130. The molecule has 1 aliphatic heterocycles. The van der Waals surface area contributed by atoms with E-state index in [9.17, 15) is 14.4 Å². The highest BCUT2D eigenvalue weighted by Crippen LogP contribution is 2.37. The zero-order chi connectivity index (χ0) is 20.5. The van der Waals surface area contributed by atoms with E-state index in [1.165, 1.54) is 18.1 Å². The van der Waals surface area contributed by atoms with Crippen molar-refractivity contribution in [3.63, 3.8) is 0 Å². The largest absolute Gasteiger partial charge is 0.481 e. The summed E-state index contributed by atoms with van der Waals surface area (Å²) in [5.74, 6) is -0.779. The second-order valence-electron chi connectivity index (χ2n) is 6.98. The van der Waals surface area contributed by atoms with Gasteiger partial charge >= 0.3 is 5.97 Å². The number of nitrogens with zero attached hydrogens (tertiary/aromatic N) is 1. The Morgan fingerprint density at radius 1 is 1.11 bits per heavy atom. The molecule has 0 bridgehead atoms. The number of hydrogen-bond donors (Lipinski definition) is 1. The van der Waals surface area contributed by atoms with Gasteiger partial charge in [0, 0.05) is 0 Å². The molecule has 28 heavy (non-hydrogen) atoms. The summed E-state index contributed by atoms with van der Waals surface area (Å²) in [6, 6.07) is 13.5. The van der Waals surface area contributed by atoms with E-state index in [-0.39, 0.29) is 11.8 Å². The van der Waals surface area contributed by atoms with Crippen LogP contribution in [0.4, 0.5) is 11.4 Å². The molecule has 0 fully saturated rings. The Morgan fingerprint density at radius 2 is 1.82 bits per heavy atom. The van der Waals surface area contributed by atoms with Gasteiger partial charge in [-0.25, -0.2) is 4.79 Å². The number of fused-ring (bicyclic) bond motifs is 1. The molecule has 1 heterocycles. The highest BCUT2D eigenvalue weighted by atomic mass is 16.5. The van der Waals surface area contributed by atoms with Gasteiger partial charge in [0.05, 0.1) is 24.0 Å². The lowest BCUT2D eigenvalue weighted by Gasteiger charge is -2.42. The highest BCUT2D eigenvalue weighted by molar-refractivity contribution is 6.14. The van der Waals surface area contributed by atoms with Gasteiger partial charge in [-0.05, 0) is 51.1 Å². The summed E-state index contributed by atoms with van der Waals surface area (Å²) >= 11 is 0. The van der Waals surface area contributed by atoms with Crippen molar-refractivity contribution in [2.24, 2.45) is 0 Å². The van der Waals surface area contributed by atoms with Crippen LogP contribution in [0, 0.1) is 0 Å². The molecule has 3 rings (SSSR count). The molecule has 0 unspecified atom stereocenters. The van der Waals surface area contributed by atoms with E-state index in [1.54, 1.807) is 63.2 Å². The molecule has 1 atom stereocenters. The van der Waals surface area contributed by atoms with Crippen molar-refractivity contribution >= 4 is 29.2 Å². The van der Waals surface area contributed by atoms with Crippen LogP contribution in [0.5, 0.6) is 5.75 Å². The minimum absolute atomic E-state index is 0.278. The number of methoxy groups -OCH3 is 1. The fraction of sp³-hybridized carbons (Fsp3) is 0.286. The van der Waals surface area contributed by atoms with Crippen molar-refractivity contribution in [2.45, 2.75) is 32.4 Å². The summed E-state index contributed by atoms with van der Waals surface area (Å²) in [4.78, 5) is 38.9. The van der Waals surface area contributed by atoms with Gasteiger partial charge in [0.15, 0.2) is 6.10 Å². The predicted octanol–water partition coefficient (Wildman–Crippen LogP) is 3.00. The fourth-order valence-corrected chi connectivity index (χ4v) is 3.10. The third-order valence-electron chi connectivity index (χ3n) is 4.64. The smallest absolute Gasteiger partial charge is 0.337 e. The Labute approximate surface area is 163 Å². The summed E-state index contributed by atoms with van der Waals surface area (Å²) in [5.41, 5.74) is 0.412. The van der Waals surface area contributed by atoms with Crippen LogP contribution in [-0.4, -0.2) is 36.5 Å². The number of nitrogens with one attached hydrogen (secondary N) is 1. The minimum atomic E-state index is -1.09. The van der Waals surface area contributed by atoms with Gasteiger partial charge in [-0.15, -0.1) is 0 Å². The molecule has 7 heteroatoms. The van der Waals surface area contributed by atoms with Gasteiger partial charge in [0.25, 0.3) is 5.91 Å². The van der Waals surface area contributed by atoms with Crippen LogP contribution in [0.3, 0.4) is 0 Å². The quantitative estimate of drug-likeness (QED) is 0.822. The van der Waals surface area contributed by atoms with Crippen molar-refractivity contribution in [3.05, 3.63) is 54.1 Å². The molecule has 0 saturated carbocycles. The van der Waals surface area contributed by atoms with Gasteiger partial charge < -0.3 is 14.8 Å². The number of rotatable bonds is 4. The third kappa shape index (κ3) is 3.43. The average molecular weight is 382 g/mol. The lowest BCUT2D eigenvalue weighted by Crippen LogP contribution is -2.60. The lowest BCUT2D eigenvalue weighted by atomic mass is 9.95. The van der Waals surface area contributed by atoms with E-state index >= 15 is 0 Å². The van der Waals surface area contributed by atoms with Crippen LogP contribution in [0.1, 0.15) is 31.1 Å². The number of ether oxygens (including phenoxy) is 2. The first kappa shape index (κ1) is 19.4. The van der Waals surface area contributed by atoms with E-state index in [0.29, 0.717) is 22.7 Å². The molecule has 146 valence electrons. The Hall–Kier alpha value is -3.35. The molecule has 1 N–H and O–H groups in total. The molecule has 0 saturated heterocycles. The van der Waals surface area contributed by atoms with Gasteiger partial charge in [0.2, 0.25) is 5.91 Å². The Morgan fingerprint density at radius 3 is 2.54 bits per heavy atom. The molecule has 0 radical (unpaired) electrons. The van der Waals surface area contributed by atoms with Crippen LogP contribution >= 0.6 is 0 Å². The van der Waals surface area contributed by atoms with Crippen LogP contribution in [0.2, 0.25) is 0 Å². The zero-order valence-electron chi connectivity index (χ0n) is 16.2. The van der Waals surface area contributed by atoms with Crippen molar-refractivity contribution < 1.29 is 23.9 Å². The number of carbonyl (C=O) groups excluding carboxylic acids is 3. The van der Waals surface area contributed by atoms with Crippen LogP contribution < -0.4 is 15.0 Å². The monoisotopic (exact) mass is 382 g/mol. The average Bonchev–Trinajstić information content (AvgIpc) is 2.68. The first-order valence-corrected chi connectivity index (χ1v) is 8.85. The number of para-hydroxylation sites is 2. The summed E-state index contributed by atoms with van der Waals surface area (Å²) in [6.07, 6.45) is -0.883. The first-order chi connectivity index (χ1) is 13.3. The maximum absolute atomic E-state index is 13.2. The van der Waals surface area contributed by atoms with E-state index < -0.39 is 17.6 Å². The number of esters is 1. The SMILES string of the molecule is COC(=O)c1cccc(O[C@@H](C)C(=O)N2c3ccccc3NC(=O)C2(C)C)c1. The molecule has 0 aliphatic carbocycles. The molecular formula is C21H22N2O5. The Balaban J connectivity index is 1.89. The Kier molecular flexibility index (Phi) is 5.09. The fourth-order valence-electron chi connectivity index (χ4n) is 3.10. The predicted molar refractivity (Wildman–Crippen MR) is 105 cm³/mol. The summed E-state index contributed by atoms with van der Waals surface area (Å²) in [7, 11) is 1.29. The van der Waals surface area contributed by atoms with Gasteiger partial charge in [-0.3, -0.25) is 14.5 Å². The minimum Gasteiger partial charge on any atom is -0.481 e. The normalized spacial score (nSPS) is 15.9. The molecule has 2 amide bonds. The van der Waals surface area contributed by atoms with E-state index in [2.05, 4.69) is 5.32 Å². The number of anilines is 2. The van der Waals surface area contributed by atoms with Gasteiger partial charge in [-0.1, -0.05) is 18.2 Å². The number of hydrogen-bond acceptors (Lipinski definition) is 5. The maximum atomic E-state index is 13.2. The van der Waals surface area contributed by atoms with Crippen LogP contribution in [-0.2, 0) is 14.3 Å². The molecule has 1 aliphatic rings. The molecule has 2 aromatic carbocycles. The molecule has 2 aromatic rings. The standard InChI is InChI=1S/C21H22N2O5/c1-13(28-15-9-7-8-14(12-15)19(25)27-4)18(24)23-17-11-6-5-10-16(17)22-20(26)21(23,2)3/h5-13H,1-4H3,(H,22,26)/t13-/m0/s1. The van der Waals surface area contributed by atoms with Crippen molar-refractivity contribution in [1.82, 2.24) is 0 Å². The van der Waals surface area contributed by atoms with Gasteiger partial charge in [-0.2, -0.15) is 0 Å². The van der Waals surface area contributed by atoms with E-state index in [1.807, 2.05) is 0 Å². The summed E-state index contributed by atoms with van der Waals surface area (Å²) in [5, 5.41) is 2.82. The highest BCUT2D eigenvalue weighted by Gasteiger charge is 2.45. The second-order valence-corrected chi connectivity index (χ2v) is 6.98. The molecule has 7 nitrogen and oxygen atoms in total. The molecule has 0 spiro atoms. The van der Waals surface area contributed by atoms with Crippen molar-refractivity contribution in [1.29, 1.82) is 0 Å². The summed E-state index contributed by atoms with van der Waals surface area (Å²) < 4.78 is 10.5. The number of carbonyl (C=O) groups is 3. The second kappa shape index (κ2) is 7.34. The van der Waals surface area contributed by atoms with Crippen molar-refractivity contribution in [2.75, 3.05) is 17.3 Å². The number of benzene rings is 2.